The number of likely N-dealkylation sites (N-methyl/N-ethyl adjacent to an activating group) is 1. The molecule has 2 atom stereocenters. The molecule has 0 bridgehead atoms. The van der Waals surface area contributed by atoms with Gasteiger partial charge in [0.25, 0.3) is 0 Å². The minimum atomic E-state index is -0.487. The minimum absolute atomic E-state index is 0.0439. The van der Waals surface area contributed by atoms with Crippen LogP contribution in [0.2, 0.25) is 0 Å². The zero-order valence-electron chi connectivity index (χ0n) is 8.62. The number of nitrogens with one attached hydrogen (secondary N) is 1. The molecule has 1 unspecified atom stereocenters. The maximum Gasteiger partial charge on any atom is 0.0940 e. The van der Waals surface area contributed by atoms with Crippen molar-refractivity contribution in [3.63, 3.8) is 0 Å². The van der Waals surface area contributed by atoms with Gasteiger partial charge in [0.1, 0.15) is 0 Å². The highest BCUT2D eigenvalue weighted by Crippen LogP contribution is 2.08. The van der Waals surface area contributed by atoms with Gasteiger partial charge < -0.3 is 10.4 Å². The SMILES string of the molecule is C=C/C=C(\C=C/C)C(O)[C@@H](C)NC. The van der Waals surface area contributed by atoms with Gasteiger partial charge in [-0.2, -0.15) is 0 Å². The topological polar surface area (TPSA) is 32.3 Å². The second-order valence-electron chi connectivity index (χ2n) is 2.92. The lowest BCUT2D eigenvalue weighted by Crippen LogP contribution is -2.35. The predicted octanol–water partition coefficient (Wildman–Crippen LogP) is 1.64. The maximum absolute atomic E-state index is 9.81. The molecule has 0 amide bonds. The van der Waals surface area contributed by atoms with E-state index < -0.39 is 6.10 Å². The van der Waals surface area contributed by atoms with Crippen LogP contribution < -0.4 is 5.32 Å². The van der Waals surface area contributed by atoms with E-state index in [2.05, 4.69) is 11.9 Å². The minimum Gasteiger partial charge on any atom is -0.387 e. The van der Waals surface area contributed by atoms with Crippen molar-refractivity contribution in [1.29, 1.82) is 0 Å². The van der Waals surface area contributed by atoms with Crippen LogP contribution in [-0.4, -0.2) is 24.3 Å². The molecule has 0 saturated carbocycles. The second kappa shape index (κ2) is 6.63. The Balaban J connectivity index is 4.54. The largest absolute Gasteiger partial charge is 0.387 e. The Hall–Kier alpha value is -0.860. The van der Waals surface area contributed by atoms with Crippen molar-refractivity contribution >= 4 is 0 Å². The van der Waals surface area contributed by atoms with Crippen LogP contribution in [0.15, 0.2) is 36.5 Å². The molecule has 0 saturated heterocycles. The molecule has 0 aliphatic rings. The number of aliphatic hydroxyl groups is 1. The molecule has 2 heteroatoms. The van der Waals surface area contributed by atoms with E-state index in [9.17, 15) is 5.11 Å². The van der Waals surface area contributed by atoms with E-state index in [1.807, 2.05) is 39.1 Å². The average Bonchev–Trinajstić information content (AvgIpc) is 2.15. The molecule has 0 radical (unpaired) electrons. The Morgan fingerprint density at radius 1 is 1.54 bits per heavy atom. The summed E-state index contributed by atoms with van der Waals surface area (Å²) in [6.45, 7) is 7.47. The maximum atomic E-state index is 9.81. The average molecular weight is 181 g/mol. The summed E-state index contributed by atoms with van der Waals surface area (Å²) >= 11 is 0. The predicted molar refractivity (Wildman–Crippen MR) is 57.6 cm³/mol. The van der Waals surface area contributed by atoms with Gasteiger partial charge in [-0.25, -0.2) is 0 Å². The van der Waals surface area contributed by atoms with Crippen molar-refractivity contribution in [2.45, 2.75) is 26.0 Å². The number of hydrogen-bond donors (Lipinski definition) is 2. The third kappa shape index (κ3) is 4.06. The van der Waals surface area contributed by atoms with Crippen LogP contribution in [0.1, 0.15) is 13.8 Å². The van der Waals surface area contributed by atoms with E-state index in [4.69, 9.17) is 0 Å². The number of allylic oxidation sites excluding steroid dienone is 3. The van der Waals surface area contributed by atoms with Crippen LogP contribution in [-0.2, 0) is 0 Å². The molecule has 0 spiro atoms. The summed E-state index contributed by atoms with van der Waals surface area (Å²) in [5, 5.41) is 12.8. The summed E-state index contributed by atoms with van der Waals surface area (Å²) in [5.74, 6) is 0. The van der Waals surface area contributed by atoms with E-state index in [-0.39, 0.29) is 6.04 Å². The van der Waals surface area contributed by atoms with Gasteiger partial charge in [0, 0.05) is 6.04 Å². The fourth-order valence-corrected chi connectivity index (χ4v) is 1.03. The third-order valence-corrected chi connectivity index (χ3v) is 1.94. The molecule has 74 valence electrons. The zero-order chi connectivity index (χ0) is 10.3. The van der Waals surface area contributed by atoms with E-state index in [0.717, 1.165) is 5.57 Å². The smallest absolute Gasteiger partial charge is 0.0940 e. The van der Waals surface area contributed by atoms with Gasteiger partial charge in [-0.3, -0.25) is 0 Å². The fraction of sp³-hybridized carbons (Fsp3) is 0.455. The molecule has 13 heavy (non-hydrogen) atoms. The normalized spacial score (nSPS) is 17.4. The van der Waals surface area contributed by atoms with Gasteiger partial charge in [0.2, 0.25) is 0 Å². The van der Waals surface area contributed by atoms with Crippen LogP contribution in [0.25, 0.3) is 0 Å². The molecule has 2 nitrogen and oxygen atoms in total. The van der Waals surface area contributed by atoms with Crippen molar-refractivity contribution in [2.75, 3.05) is 7.05 Å². The molecule has 2 N–H and O–H groups in total. The highest BCUT2D eigenvalue weighted by atomic mass is 16.3. The van der Waals surface area contributed by atoms with Crippen molar-refractivity contribution in [2.24, 2.45) is 0 Å². The number of hydrogen-bond acceptors (Lipinski definition) is 2. The van der Waals surface area contributed by atoms with Crippen molar-refractivity contribution in [3.05, 3.63) is 36.5 Å². The molecular formula is C11H19NO. The Kier molecular flexibility index (Phi) is 6.20. The van der Waals surface area contributed by atoms with E-state index >= 15 is 0 Å². The number of rotatable bonds is 5. The Bertz CT molecular complexity index is 206. The lowest BCUT2D eigenvalue weighted by Gasteiger charge is -2.18. The second-order valence-corrected chi connectivity index (χ2v) is 2.92. The van der Waals surface area contributed by atoms with Gasteiger partial charge in [0.05, 0.1) is 6.10 Å². The van der Waals surface area contributed by atoms with Crippen molar-refractivity contribution in [1.82, 2.24) is 5.32 Å². The lowest BCUT2D eigenvalue weighted by atomic mass is 10.0. The Morgan fingerprint density at radius 3 is 2.54 bits per heavy atom. The molecule has 0 rings (SSSR count). The van der Waals surface area contributed by atoms with E-state index in [1.54, 1.807) is 6.08 Å². The standard InChI is InChI=1S/C11H19NO/c1-5-7-10(8-6-2)11(13)9(3)12-4/h5-9,11-13H,1H2,2-4H3/b8-6-,10-7+/t9-,11?/m1/s1. The molecule has 0 aliphatic heterocycles. The van der Waals surface area contributed by atoms with Crippen molar-refractivity contribution < 1.29 is 5.11 Å². The molecule has 0 aliphatic carbocycles. The first-order valence-electron chi connectivity index (χ1n) is 4.48. The van der Waals surface area contributed by atoms with Crippen LogP contribution in [0, 0.1) is 0 Å². The summed E-state index contributed by atoms with van der Waals surface area (Å²) < 4.78 is 0. The van der Waals surface area contributed by atoms with E-state index in [0.29, 0.717) is 0 Å². The highest BCUT2D eigenvalue weighted by molar-refractivity contribution is 5.27. The Morgan fingerprint density at radius 2 is 2.15 bits per heavy atom. The van der Waals surface area contributed by atoms with Crippen LogP contribution >= 0.6 is 0 Å². The quantitative estimate of drug-likeness (QED) is 0.632. The molecule has 0 aromatic rings. The molecule has 0 heterocycles. The van der Waals surface area contributed by atoms with Gasteiger partial charge in [-0.15, -0.1) is 0 Å². The summed E-state index contributed by atoms with van der Waals surface area (Å²) in [4.78, 5) is 0. The lowest BCUT2D eigenvalue weighted by molar-refractivity contribution is 0.176. The Labute approximate surface area is 80.7 Å². The summed E-state index contributed by atoms with van der Waals surface area (Å²) in [6, 6.07) is 0.0439. The summed E-state index contributed by atoms with van der Waals surface area (Å²) in [6.07, 6.45) is 6.81. The van der Waals surface area contributed by atoms with E-state index in [1.165, 1.54) is 0 Å². The first-order valence-corrected chi connectivity index (χ1v) is 4.48. The van der Waals surface area contributed by atoms with Gasteiger partial charge in [-0.05, 0) is 26.5 Å². The summed E-state index contributed by atoms with van der Waals surface area (Å²) in [7, 11) is 1.83. The molecule has 0 fully saturated rings. The molecule has 0 aromatic heterocycles. The fourth-order valence-electron chi connectivity index (χ4n) is 1.03. The van der Waals surface area contributed by atoms with Gasteiger partial charge in [0.15, 0.2) is 0 Å². The zero-order valence-corrected chi connectivity index (χ0v) is 8.62. The first kappa shape index (κ1) is 12.1. The highest BCUT2D eigenvalue weighted by Gasteiger charge is 2.14. The van der Waals surface area contributed by atoms with Crippen molar-refractivity contribution in [3.8, 4) is 0 Å². The third-order valence-electron chi connectivity index (χ3n) is 1.94. The number of aliphatic hydroxyl groups excluding tert-OH is 1. The first-order chi connectivity index (χ1) is 6.17. The molecule has 0 aromatic carbocycles. The van der Waals surface area contributed by atoms with Crippen LogP contribution in [0.4, 0.5) is 0 Å². The van der Waals surface area contributed by atoms with Crippen LogP contribution in [0.3, 0.4) is 0 Å². The monoisotopic (exact) mass is 181 g/mol. The molecular weight excluding hydrogens is 162 g/mol. The van der Waals surface area contributed by atoms with Gasteiger partial charge >= 0.3 is 0 Å². The van der Waals surface area contributed by atoms with Gasteiger partial charge in [-0.1, -0.05) is 30.9 Å². The van der Waals surface area contributed by atoms with Crippen LogP contribution in [0.5, 0.6) is 0 Å². The summed E-state index contributed by atoms with van der Waals surface area (Å²) in [5.41, 5.74) is 0.874.